The Morgan fingerprint density at radius 3 is 1.53 bits per heavy atom. The number of likely N-dealkylation sites (tertiary alicyclic amines) is 2. The van der Waals surface area contributed by atoms with Gasteiger partial charge in [-0.25, -0.2) is 0 Å². The summed E-state index contributed by atoms with van der Waals surface area (Å²) >= 11 is 0. The maximum Gasteiger partial charge on any atom is 0.0242 e. The number of nitrogens with zero attached hydrogens (tertiary/aromatic N) is 2. The zero-order chi connectivity index (χ0) is 24.4. The zero-order valence-corrected chi connectivity index (χ0v) is 24.2. The van der Waals surface area contributed by atoms with Gasteiger partial charge in [-0.1, -0.05) is 130 Å². The van der Waals surface area contributed by atoms with Gasteiger partial charge in [0.05, 0.1) is 0 Å². The fourth-order valence-corrected chi connectivity index (χ4v) is 6.92. The van der Waals surface area contributed by atoms with Crippen molar-refractivity contribution in [3.63, 3.8) is 0 Å². The quantitative estimate of drug-likeness (QED) is 0.135. The molecule has 0 saturated carbocycles. The van der Waals surface area contributed by atoms with Crippen LogP contribution in [0.25, 0.3) is 0 Å². The number of unbranched alkanes of at least 4 members (excludes halogenated alkanes) is 12. The molecular formula is C32H64N2. The van der Waals surface area contributed by atoms with Crippen LogP contribution < -0.4 is 0 Å². The van der Waals surface area contributed by atoms with Crippen molar-refractivity contribution in [2.45, 2.75) is 181 Å². The van der Waals surface area contributed by atoms with Crippen molar-refractivity contribution in [3.05, 3.63) is 0 Å². The number of hydrogen-bond donors (Lipinski definition) is 0. The molecule has 0 aromatic rings. The Labute approximate surface area is 216 Å². The Morgan fingerprint density at radius 1 is 0.529 bits per heavy atom. The van der Waals surface area contributed by atoms with Gasteiger partial charge in [0.2, 0.25) is 0 Å². The first-order chi connectivity index (χ1) is 16.7. The molecule has 2 saturated heterocycles. The van der Waals surface area contributed by atoms with Gasteiger partial charge in [-0.2, -0.15) is 0 Å². The largest absolute Gasteiger partial charge is 0.297 e. The van der Waals surface area contributed by atoms with Crippen LogP contribution in [0.15, 0.2) is 0 Å². The van der Waals surface area contributed by atoms with Crippen LogP contribution in [0.5, 0.6) is 0 Å². The van der Waals surface area contributed by atoms with Crippen LogP contribution in [-0.4, -0.2) is 47.6 Å². The summed E-state index contributed by atoms with van der Waals surface area (Å²) in [4.78, 5) is 5.96. The van der Waals surface area contributed by atoms with Gasteiger partial charge in [0.1, 0.15) is 0 Å². The Hall–Kier alpha value is -0.0800. The van der Waals surface area contributed by atoms with E-state index in [0.717, 1.165) is 24.0 Å². The lowest BCUT2D eigenvalue weighted by atomic mass is 9.93. The number of rotatable bonds is 23. The van der Waals surface area contributed by atoms with Crippen LogP contribution in [0.3, 0.4) is 0 Å². The van der Waals surface area contributed by atoms with E-state index in [-0.39, 0.29) is 0 Å². The third-order valence-corrected chi connectivity index (χ3v) is 9.07. The normalized spacial score (nSPS) is 21.8. The summed E-state index contributed by atoms with van der Waals surface area (Å²) in [6.45, 7) is 13.5. The van der Waals surface area contributed by atoms with Crippen LogP contribution >= 0.6 is 0 Å². The van der Waals surface area contributed by atoms with Crippen LogP contribution in [0, 0.1) is 5.92 Å². The van der Waals surface area contributed by atoms with E-state index in [1.807, 2.05) is 0 Å². The van der Waals surface area contributed by atoms with Crippen molar-refractivity contribution in [2.75, 3.05) is 19.6 Å². The molecule has 0 radical (unpaired) electrons. The standard InChI is InChI=1S/C32H64N2/c1-5-9-13-16-20-24-30(23-17-12-8-4)34-28-31-25-32(34)27-33(31)26-29(21-18-14-10-6-2)22-19-15-11-7-3/h29-32H,5-28H2,1-4H3/t30?,31-,32-/m1/s1. The van der Waals surface area contributed by atoms with Crippen LogP contribution in [0.2, 0.25) is 0 Å². The van der Waals surface area contributed by atoms with E-state index in [4.69, 9.17) is 0 Å². The molecule has 3 atom stereocenters. The van der Waals surface area contributed by atoms with E-state index in [9.17, 15) is 0 Å². The minimum absolute atomic E-state index is 0.868. The Bertz CT molecular complexity index is 452. The molecule has 0 amide bonds. The third-order valence-electron chi connectivity index (χ3n) is 9.07. The maximum absolute atomic E-state index is 3.01. The molecule has 0 spiro atoms. The molecule has 2 bridgehead atoms. The molecule has 2 aliphatic rings. The molecule has 2 aliphatic heterocycles. The highest BCUT2D eigenvalue weighted by Gasteiger charge is 2.45. The zero-order valence-electron chi connectivity index (χ0n) is 24.2. The summed E-state index contributed by atoms with van der Waals surface area (Å²) in [7, 11) is 0. The van der Waals surface area contributed by atoms with Gasteiger partial charge in [-0.3, -0.25) is 9.80 Å². The first-order valence-electron chi connectivity index (χ1n) is 16.2. The molecule has 2 nitrogen and oxygen atoms in total. The molecule has 0 aliphatic carbocycles. The molecule has 2 fully saturated rings. The fraction of sp³-hybridized carbons (Fsp3) is 1.00. The lowest BCUT2D eigenvalue weighted by Gasteiger charge is -2.40. The van der Waals surface area contributed by atoms with E-state index in [2.05, 4.69) is 37.5 Å². The van der Waals surface area contributed by atoms with Crippen molar-refractivity contribution in [1.82, 2.24) is 9.80 Å². The molecule has 2 heterocycles. The van der Waals surface area contributed by atoms with E-state index >= 15 is 0 Å². The second kappa shape index (κ2) is 19.1. The Balaban J connectivity index is 1.82. The summed E-state index contributed by atoms with van der Waals surface area (Å²) < 4.78 is 0. The average molecular weight is 477 g/mol. The summed E-state index contributed by atoms with van der Waals surface area (Å²) in [6.07, 6.45) is 30.2. The summed E-state index contributed by atoms with van der Waals surface area (Å²) in [5.74, 6) is 0.959. The SMILES string of the molecule is CCCCCCCC(CCCCC)N1C[C@H]2C[C@@H]1CN2CC(CCCCCC)CCCCCC. The van der Waals surface area contributed by atoms with Gasteiger partial charge in [0.15, 0.2) is 0 Å². The molecule has 1 unspecified atom stereocenters. The number of fused-ring (bicyclic) bond motifs is 2. The van der Waals surface area contributed by atoms with Crippen molar-refractivity contribution >= 4 is 0 Å². The van der Waals surface area contributed by atoms with Crippen LogP contribution in [-0.2, 0) is 0 Å². The first kappa shape index (κ1) is 30.1. The number of piperazine rings is 1. The average Bonchev–Trinajstić information content (AvgIpc) is 3.43. The second-order valence-corrected chi connectivity index (χ2v) is 12.1. The molecule has 2 heteroatoms. The molecule has 2 rings (SSSR count). The van der Waals surface area contributed by atoms with Gasteiger partial charge in [-0.05, 0) is 38.0 Å². The summed E-state index contributed by atoms with van der Waals surface area (Å²) in [6, 6.07) is 2.62. The second-order valence-electron chi connectivity index (χ2n) is 12.1. The molecule has 0 N–H and O–H groups in total. The van der Waals surface area contributed by atoms with Crippen molar-refractivity contribution < 1.29 is 0 Å². The first-order valence-corrected chi connectivity index (χ1v) is 16.2. The topological polar surface area (TPSA) is 6.48 Å². The van der Waals surface area contributed by atoms with Gasteiger partial charge >= 0.3 is 0 Å². The predicted molar refractivity (Wildman–Crippen MR) is 153 cm³/mol. The third kappa shape index (κ3) is 11.3. The summed E-state index contributed by atoms with van der Waals surface area (Å²) in [5, 5.41) is 0. The van der Waals surface area contributed by atoms with Crippen molar-refractivity contribution in [1.29, 1.82) is 0 Å². The van der Waals surface area contributed by atoms with Crippen LogP contribution in [0.4, 0.5) is 0 Å². The monoisotopic (exact) mass is 477 g/mol. The van der Waals surface area contributed by atoms with E-state index < -0.39 is 0 Å². The molecule has 202 valence electrons. The molecule has 0 aromatic carbocycles. The molecule has 0 aromatic heterocycles. The minimum atomic E-state index is 0.868. The van der Waals surface area contributed by atoms with Crippen molar-refractivity contribution in [2.24, 2.45) is 5.92 Å². The van der Waals surface area contributed by atoms with Gasteiger partial charge < -0.3 is 0 Å². The Kier molecular flexibility index (Phi) is 16.9. The Morgan fingerprint density at radius 2 is 1.00 bits per heavy atom. The van der Waals surface area contributed by atoms with Crippen molar-refractivity contribution in [3.8, 4) is 0 Å². The highest BCUT2D eigenvalue weighted by molar-refractivity contribution is 5.02. The smallest absolute Gasteiger partial charge is 0.0242 e. The lowest BCUT2D eigenvalue weighted by molar-refractivity contribution is 0.0707. The number of hydrogen-bond acceptors (Lipinski definition) is 2. The van der Waals surface area contributed by atoms with E-state index in [1.165, 1.54) is 154 Å². The van der Waals surface area contributed by atoms with E-state index in [0.29, 0.717) is 0 Å². The lowest BCUT2D eigenvalue weighted by Crippen LogP contribution is -2.51. The highest BCUT2D eigenvalue weighted by Crippen LogP contribution is 2.36. The fourth-order valence-electron chi connectivity index (χ4n) is 6.92. The molecular weight excluding hydrogens is 412 g/mol. The van der Waals surface area contributed by atoms with Crippen LogP contribution in [0.1, 0.15) is 163 Å². The minimum Gasteiger partial charge on any atom is -0.297 e. The maximum atomic E-state index is 3.01. The summed E-state index contributed by atoms with van der Waals surface area (Å²) in [5.41, 5.74) is 0. The highest BCUT2D eigenvalue weighted by atomic mass is 15.4. The predicted octanol–water partition coefficient (Wildman–Crippen LogP) is 9.61. The van der Waals surface area contributed by atoms with Gasteiger partial charge in [0.25, 0.3) is 0 Å². The molecule has 34 heavy (non-hydrogen) atoms. The van der Waals surface area contributed by atoms with E-state index in [1.54, 1.807) is 0 Å². The van der Waals surface area contributed by atoms with Gasteiger partial charge in [-0.15, -0.1) is 0 Å². The van der Waals surface area contributed by atoms with Gasteiger partial charge in [0, 0.05) is 37.8 Å².